The van der Waals surface area contributed by atoms with Gasteiger partial charge in [-0.1, -0.05) is 29.8 Å². The molecule has 0 amide bonds. The van der Waals surface area contributed by atoms with Crippen LogP contribution in [0, 0.1) is 13.8 Å². The monoisotopic (exact) mass is 336 g/mol. The van der Waals surface area contributed by atoms with Crippen LogP contribution in [-0.2, 0) is 11.2 Å². The van der Waals surface area contributed by atoms with Crippen molar-refractivity contribution in [2.45, 2.75) is 26.4 Å². The van der Waals surface area contributed by atoms with Gasteiger partial charge in [-0.2, -0.15) is 0 Å². The number of nitrogens with one attached hydrogen (secondary N) is 1. The zero-order valence-electron chi connectivity index (χ0n) is 14.8. The molecule has 2 heterocycles. The van der Waals surface area contributed by atoms with Crippen LogP contribution < -0.4 is 10.2 Å². The molecule has 0 bridgehead atoms. The maximum Gasteiger partial charge on any atom is 0.339 e. The Bertz CT molecular complexity index is 810. The van der Waals surface area contributed by atoms with Gasteiger partial charge in [-0.3, -0.25) is 0 Å². The molecule has 25 heavy (non-hydrogen) atoms. The van der Waals surface area contributed by atoms with Crippen molar-refractivity contribution in [2.75, 3.05) is 31.1 Å². The minimum atomic E-state index is -0.193. The van der Waals surface area contributed by atoms with Crippen LogP contribution in [-0.4, -0.2) is 32.1 Å². The summed E-state index contributed by atoms with van der Waals surface area (Å²) >= 11 is 0. The molecule has 1 unspecified atom stereocenters. The molecule has 2 aliphatic heterocycles. The standard InChI is InChI=1S/C21H24N2O2/c1-14-3-4-16(15(2)11-14)12-20-18-6-5-17(13-19(18)21(24)25-20)23-9-7-22-8-10-23/h3-6,11,13,20,22H,7-10,12H2,1-2H3. The third-order valence-corrected chi connectivity index (χ3v) is 5.24. The number of carbonyl (C=O) groups excluding carboxylic acids is 1. The third kappa shape index (κ3) is 3.14. The lowest BCUT2D eigenvalue weighted by molar-refractivity contribution is 0.0387. The Morgan fingerprint density at radius 2 is 1.92 bits per heavy atom. The van der Waals surface area contributed by atoms with Gasteiger partial charge in [0, 0.05) is 43.9 Å². The molecule has 2 aromatic rings. The number of benzene rings is 2. The van der Waals surface area contributed by atoms with Gasteiger partial charge in [0.15, 0.2) is 0 Å². The average molecular weight is 336 g/mol. The van der Waals surface area contributed by atoms with E-state index >= 15 is 0 Å². The average Bonchev–Trinajstić information content (AvgIpc) is 2.93. The number of fused-ring (bicyclic) bond motifs is 1. The van der Waals surface area contributed by atoms with Crippen molar-refractivity contribution in [1.29, 1.82) is 0 Å². The number of carbonyl (C=O) groups is 1. The SMILES string of the molecule is Cc1ccc(CC2OC(=O)c3cc(N4CCNCC4)ccc32)c(C)c1. The van der Waals surface area contributed by atoms with Crippen LogP contribution in [0.4, 0.5) is 5.69 Å². The minimum Gasteiger partial charge on any atom is -0.454 e. The molecular weight excluding hydrogens is 312 g/mol. The van der Waals surface area contributed by atoms with Crippen molar-refractivity contribution in [2.24, 2.45) is 0 Å². The molecular formula is C21H24N2O2. The predicted molar refractivity (Wildman–Crippen MR) is 99.3 cm³/mol. The first-order valence-corrected chi connectivity index (χ1v) is 8.98. The lowest BCUT2D eigenvalue weighted by Crippen LogP contribution is -2.43. The summed E-state index contributed by atoms with van der Waals surface area (Å²) < 4.78 is 5.69. The van der Waals surface area contributed by atoms with Crippen LogP contribution in [0.3, 0.4) is 0 Å². The highest BCUT2D eigenvalue weighted by Crippen LogP contribution is 2.36. The number of esters is 1. The fourth-order valence-electron chi connectivity index (χ4n) is 3.80. The second-order valence-electron chi connectivity index (χ2n) is 7.04. The van der Waals surface area contributed by atoms with Gasteiger partial charge in [0.1, 0.15) is 6.10 Å². The van der Waals surface area contributed by atoms with E-state index in [1.54, 1.807) is 0 Å². The van der Waals surface area contributed by atoms with Crippen LogP contribution in [0.5, 0.6) is 0 Å². The van der Waals surface area contributed by atoms with Gasteiger partial charge >= 0.3 is 5.97 Å². The smallest absolute Gasteiger partial charge is 0.339 e. The zero-order valence-corrected chi connectivity index (χ0v) is 14.8. The summed E-state index contributed by atoms with van der Waals surface area (Å²) in [5.74, 6) is -0.193. The molecule has 130 valence electrons. The Balaban J connectivity index is 1.59. The van der Waals surface area contributed by atoms with Crippen LogP contribution in [0.15, 0.2) is 36.4 Å². The van der Waals surface area contributed by atoms with Crippen LogP contribution in [0.1, 0.15) is 38.7 Å². The summed E-state index contributed by atoms with van der Waals surface area (Å²) in [6.07, 6.45) is 0.554. The second kappa shape index (κ2) is 6.52. The largest absolute Gasteiger partial charge is 0.454 e. The lowest BCUT2D eigenvalue weighted by Gasteiger charge is -2.29. The molecule has 4 nitrogen and oxygen atoms in total. The van der Waals surface area contributed by atoms with Crippen molar-refractivity contribution in [3.63, 3.8) is 0 Å². The van der Waals surface area contributed by atoms with E-state index in [4.69, 9.17) is 4.74 Å². The third-order valence-electron chi connectivity index (χ3n) is 5.24. The molecule has 1 saturated heterocycles. The quantitative estimate of drug-likeness (QED) is 0.874. The first kappa shape index (κ1) is 16.2. The molecule has 0 aromatic heterocycles. The number of ether oxygens (including phenoxy) is 1. The summed E-state index contributed by atoms with van der Waals surface area (Å²) in [6.45, 7) is 8.13. The Kier molecular flexibility index (Phi) is 4.22. The zero-order chi connectivity index (χ0) is 17.4. The molecule has 0 saturated carbocycles. The molecule has 4 heteroatoms. The van der Waals surface area contributed by atoms with Gasteiger partial charge in [0.25, 0.3) is 0 Å². The van der Waals surface area contributed by atoms with E-state index in [1.807, 2.05) is 6.07 Å². The van der Waals surface area contributed by atoms with Crippen LogP contribution in [0.2, 0.25) is 0 Å². The van der Waals surface area contributed by atoms with Crippen molar-refractivity contribution in [3.05, 3.63) is 64.2 Å². The number of rotatable bonds is 3. The molecule has 0 aliphatic carbocycles. The number of nitrogens with zero attached hydrogens (tertiary/aromatic N) is 1. The molecule has 0 spiro atoms. The number of hydrogen-bond donors (Lipinski definition) is 1. The second-order valence-corrected chi connectivity index (χ2v) is 7.04. The van der Waals surface area contributed by atoms with E-state index in [0.29, 0.717) is 0 Å². The maximum absolute atomic E-state index is 12.4. The normalized spacial score (nSPS) is 19.7. The van der Waals surface area contributed by atoms with E-state index in [9.17, 15) is 4.79 Å². The van der Waals surface area contributed by atoms with Gasteiger partial charge in [-0.15, -0.1) is 0 Å². The highest BCUT2D eigenvalue weighted by molar-refractivity contribution is 5.95. The fourth-order valence-corrected chi connectivity index (χ4v) is 3.80. The molecule has 1 fully saturated rings. The maximum atomic E-state index is 12.4. The first-order chi connectivity index (χ1) is 12.1. The van der Waals surface area contributed by atoms with Crippen molar-refractivity contribution < 1.29 is 9.53 Å². The number of cyclic esters (lactones) is 1. The highest BCUT2D eigenvalue weighted by atomic mass is 16.5. The van der Waals surface area contributed by atoms with Gasteiger partial charge in [0.2, 0.25) is 0 Å². The van der Waals surface area contributed by atoms with Crippen molar-refractivity contribution in [1.82, 2.24) is 5.32 Å². The predicted octanol–water partition coefficient (Wildman–Crippen LogP) is 3.17. The van der Waals surface area contributed by atoms with Crippen molar-refractivity contribution in [3.8, 4) is 0 Å². The van der Waals surface area contributed by atoms with Gasteiger partial charge < -0.3 is 15.0 Å². The van der Waals surface area contributed by atoms with Gasteiger partial charge in [-0.25, -0.2) is 4.79 Å². The Morgan fingerprint density at radius 3 is 2.68 bits per heavy atom. The summed E-state index contributed by atoms with van der Waals surface area (Å²) in [5, 5.41) is 3.36. The van der Waals surface area contributed by atoms with Crippen LogP contribution in [0.25, 0.3) is 0 Å². The topological polar surface area (TPSA) is 41.6 Å². The van der Waals surface area contributed by atoms with E-state index in [0.717, 1.165) is 49.4 Å². The van der Waals surface area contributed by atoms with Gasteiger partial charge in [-0.05, 0) is 37.1 Å². The fraction of sp³-hybridized carbons (Fsp3) is 0.381. The summed E-state index contributed by atoms with van der Waals surface area (Å²) in [7, 11) is 0. The van der Waals surface area contributed by atoms with Crippen LogP contribution >= 0.6 is 0 Å². The highest BCUT2D eigenvalue weighted by Gasteiger charge is 2.32. The summed E-state index contributed by atoms with van der Waals surface area (Å²) in [4.78, 5) is 14.7. The minimum absolute atomic E-state index is 0.180. The number of piperazine rings is 1. The summed E-state index contributed by atoms with van der Waals surface area (Å²) in [6, 6.07) is 12.7. The van der Waals surface area contributed by atoms with E-state index in [-0.39, 0.29) is 12.1 Å². The van der Waals surface area contributed by atoms with Gasteiger partial charge in [0.05, 0.1) is 5.56 Å². The van der Waals surface area contributed by atoms with E-state index in [1.165, 1.54) is 16.7 Å². The number of hydrogen-bond acceptors (Lipinski definition) is 4. The number of aryl methyl sites for hydroxylation is 2. The Labute approximate surface area is 148 Å². The molecule has 2 aromatic carbocycles. The lowest BCUT2D eigenvalue weighted by atomic mass is 9.95. The van der Waals surface area contributed by atoms with E-state index in [2.05, 4.69) is 54.4 Å². The molecule has 4 rings (SSSR count). The van der Waals surface area contributed by atoms with Crippen molar-refractivity contribution >= 4 is 11.7 Å². The molecule has 1 atom stereocenters. The number of anilines is 1. The molecule has 1 N–H and O–H groups in total. The summed E-state index contributed by atoms with van der Waals surface area (Å²) in [5.41, 5.74) is 6.61. The van der Waals surface area contributed by atoms with E-state index < -0.39 is 0 Å². The molecule has 0 radical (unpaired) electrons. The Hall–Kier alpha value is -2.33. The Morgan fingerprint density at radius 1 is 1.12 bits per heavy atom. The first-order valence-electron chi connectivity index (χ1n) is 8.98. The molecule has 2 aliphatic rings.